The van der Waals surface area contributed by atoms with Crippen LogP contribution in [0.25, 0.3) is 0 Å². The fourth-order valence-corrected chi connectivity index (χ4v) is 1.28. The highest BCUT2D eigenvalue weighted by Gasteiger charge is 2.00. The van der Waals surface area contributed by atoms with Crippen molar-refractivity contribution in [2.24, 2.45) is 0 Å². The molecule has 4 heteroatoms. The monoisotopic (exact) mass is 224 g/mol. The van der Waals surface area contributed by atoms with E-state index in [1.165, 1.54) is 0 Å². The van der Waals surface area contributed by atoms with Gasteiger partial charge in [0.05, 0.1) is 10.9 Å². The maximum absolute atomic E-state index is 5.81. The summed E-state index contributed by atoms with van der Waals surface area (Å²) in [5.74, 6) is 1.06. The number of hydrogen-bond acceptors (Lipinski definition) is 1. The quantitative estimate of drug-likeness (QED) is 0.714. The predicted molar refractivity (Wildman–Crippen MR) is 52.7 cm³/mol. The molecule has 0 radical (unpaired) electrons. The van der Waals surface area contributed by atoms with E-state index in [9.17, 15) is 0 Å². The van der Waals surface area contributed by atoms with Crippen molar-refractivity contribution in [2.75, 3.05) is 12.5 Å². The molecule has 0 aliphatic heterocycles. The normalized spacial score (nSPS) is 9.92. The van der Waals surface area contributed by atoms with Crippen molar-refractivity contribution in [1.29, 1.82) is 0 Å². The lowest BCUT2D eigenvalue weighted by Gasteiger charge is -2.05. The van der Waals surface area contributed by atoms with Crippen LogP contribution in [0.5, 0.6) is 5.75 Å². The third kappa shape index (κ3) is 2.74. The van der Waals surface area contributed by atoms with Crippen molar-refractivity contribution in [1.82, 2.24) is 0 Å². The second-order valence-corrected chi connectivity index (χ2v) is 3.33. The summed E-state index contributed by atoms with van der Waals surface area (Å²) < 4.78 is 5.22. The Hall–Kier alpha value is -0.110. The number of rotatable bonds is 3. The smallest absolute Gasteiger partial charge is 0.138 e. The predicted octanol–water partition coefficient (Wildman–Crippen LogP) is 3.61. The SMILES string of the molecule is ClCCOc1ccc(Cl)cc1Cl. The molecule has 0 aromatic heterocycles. The van der Waals surface area contributed by atoms with Gasteiger partial charge in [-0.15, -0.1) is 11.6 Å². The Morgan fingerprint density at radius 3 is 2.58 bits per heavy atom. The van der Waals surface area contributed by atoms with Gasteiger partial charge >= 0.3 is 0 Å². The Morgan fingerprint density at radius 1 is 1.25 bits per heavy atom. The van der Waals surface area contributed by atoms with E-state index in [0.717, 1.165) is 0 Å². The zero-order chi connectivity index (χ0) is 8.97. The number of halogens is 3. The van der Waals surface area contributed by atoms with Crippen LogP contribution in [-0.4, -0.2) is 12.5 Å². The fraction of sp³-hybridized carbons (Fsp3) is 0.250. The lowest BCUT2D eigenvalue weighted by atomic mass is 10.3. The minimum atomic E-state index is 0.443. The van der Waals surface area contributed by atoms with Gasteiger partial charge in [0.25, 0.3) is 0 Å². The average Bonchev–Trinajstić information content (AvgIpc) is 2.03. The van der Waals surface area contributed by atoms with Gasteiger partial charge in [0.1, 0.15) is 12.4 Å². The second-order valence-electron chi connectivity index (χ2n) is 2.11. The summed E-state index contributed by atoms with van der Waals surface area (Å²) in [6, 6.07) is 5.07. The first kappa shape index (κ1) is 9.97. The van der Waals surface area contributed by atoms with Gasteiger partial charge in [0, 0.05) is 5.02 Å². The Labute approximate surface area is 86.2 Å². The molecular weight excluding hydrogens is 218 g/mol. The summed E-state index contributed by atoms with van der Waals surface area (Å²) in [5, 5.41) is 1.10. The summed E-state index contributed by atoms with van der Waals surface area (Å²) in [4.78, 5) is 0. The van der Waals surface area contributed by atoms with Crippen LogP contribution < -0.4 is 4.74 Å². The molecule has 1 rings (SSSR count). The topological polar surface area (TPSA) is 9.23 Å². The van der Waals surface area contributed by atoms with Gasteiger partial charge in [0.15, 0.2) is 0 Å². The molecule has 1 aromatic rings. The van der Waals surface area contributed by atoms with Gasteiger partial charge in [-0.2, -0.15) is 0 Å². The van der Waals surface area contributed by atoms with Crippen LogP contribution in [0.3, 0.4) is 0 Å². The van der Waals surface area contributed by atoms with E-state index in [1.807, 2.05) is 0 Å². The van der Waals surface area contributed by atoms with E-state index < -0.39 is 0 Å². The molecule has 0 aliphatic carbocycles. The zero-order valence-electron chi connectivity index (χ0n) is 6.19. The third-order valence-electron chi connectivity index (χ3n) is 1.23. The maximum Gasteiger partial charge on any atom is 0.138 e. The number of alkyl halides is 1. The van der Waals surface area contributed by atoms with Crippen molar-refractivity contribution in [3.63, 3.8) is 0 Å². The first-order chi connectivity index (χ1) is 5.74. The molecule has 0 fully saturated rings. The van der Waals surface area contributed by atoms with Crippen molar-refractivity contribution >= 4 is 34.8 Å². The van der Waals surface area contributed by atoms with E-state index in [0.29, 0.717) is 28.3 Å². The molecule has 1 nitrogen and oxygen atoms in total. The molecule has 66 valence electrons. The molecule has 1 aromatic carbocycles. The van der Waals surface area contributed by atoms with Crippen LogP contribution in [-0.2, 0) is 0 Å². The molecule has 0 heterocycles. The number of hydrogen-bond donors (Lipinski definition) is 0. The standard InChI is InChI=1S/C8H7Cl3O/c9-3-4-12-8-2-1-6(10)5-7(8)11/h1-2,5H,3-4H2. The van der Waals surface area contributed by atoms with Crippen LogP contribution in [0.15, 0.2) is 18.2 Å². The van der Waals surface area contributed by atoms with Crippen molar-refractivity contribution < 1.29 is 4.74 Å². The molecule has 0 aliphatic rings. The van der Waals surface area contributed by atoms with Gasteiger partial charge in [-0.3, -0.25) is 0 Å². The van der Waals surface area contributed by atoms with E-state index >= 15 is 0 Å². The number of benzene rings is 1. The molecule has 0 amide bonds. The zero-order valence-corrected chi connectivity index (χ0v) is 8.46. The Kier molecular flexibility index (Phi) is 3.99. The van der Waals surface area contributed by atoms with Crippen LogP contribution in [0.4, 0.5) is 0 Å². The average molecular weight is 226 g/mol. The highest BCUT2D eigenvalue weighted by Crippen LogP contribution is 2.27. The largest absolute Gasteiger partial charge is 0.491 e. The second kappa shape index (κ2) is 4.80. The van der Waals surface area contributed by atoms with Gasteiger partial charge < -0.3 is 4.74 Å². The molecule has 0 spiro atoms. The van der Waals surface area contributed by atoms with E-state index in [4.69, 9.17) is 39.5 Å². The highest BCUT2D eigenvalue weighted by atomic mass is 35.5. The molecule has 12 heavy (non-hydrogen) atoms. The van der Waals surface area contributed by atoms with Crippen LogP contribution in [0.2, 0.25) is 10.0 Å². The summed E-state index contributed by atoms with van der Waals surface area (Å²) in [6.45, 7) is 0.447. The molecule has 0 atom stereocenters. The van der Waals surface area contributed by atoms with Crippen molar-refractivity contribution in [2.45, 2.75) is 0 Å². The lowest BCUT2D eigenvalue weighted by molar-refractivity contribution is 0.343. The van der Waals surface area contributed by atoms with E-state index in [2.05, 4.69) is 0 Å². The molecular formula is C8H7Cl3O. The Bertz CT molecular complexity index is 262. The van der Waals surface area contributed by atoms with Crippen LogP contribution in [0, 0.1) is 0 Å². The summed E-state index contributed by atoms with van der Waals surface area (Å²) in [7, 11) is 0. The minimum Gasteiger partial charge on any atom is -0.491 e. The maximum atomic E-state index is 5.81. The summed E-state index contributed by atoms with van der Waals surface area (Å²) >= 11 is 16.9. The first-order valence-corrected chi connectivity index (χ1v) is 4.67. The van der Waals surface area contributed by atoms with Crippen LogP contribution in [0.1, 0.15) is 0 Å². The Balaban J connectivity index is 2.72. The van der Waals surface area contributed by atoms with E-state index in [1.54, 1.807) is 18.2 Å². The van der Waals surface area contributed by atoms with Gasteiger partial charge in [0.2, 0.25) is 0 Å². The summed E-state index contributed by atoms with van der Waals surface area (Å²) in [6.07, 6.45) is 0. The highest BCUT2D eigenvalue weighted by molar-refractivity contribution is 6.35. The Morgan fingerprint density at radius 2 is 2.00 bits per heavy atom. The summed E-state index contributed by atoms with van der Waals surface area (Å²) in [5.41, 5.74) is 0. The molecule has 0 N–H and O–H groups in total. The van der Waals surface area contributed by atoms with E-state index in [-0.39, 0.29) is 0 Å². The molecule has 0 bridgehead atoms. The van der Waals surface area contributed by atoms with Gasteiger partial charge in [-0.25, -0.2) is 0 Å². The van der Waals surface area contributed by atoms with Crippen molar-refractivity contribution in [3.8, 4) is 5.75 Å². The van der Waals surface area contributed by atoms with Gasteiger partial charge in [-0.1, -0.05) is 23.2 Å². The number of ether oxygens (including phenoxy) is 1. The molecule has 0 saturated heterocycles. The first-order valence-electron chi connectivity index (χ1n) is 3.38. The lowest BCUT2D eigenvalue weighted by Crippen LogP contribution is -1.98. The fourth-order valence-electron chi connectivity index (χ4n) is 0.741. The third-order valence-corrected chi connectivity index (χ3v) is 1.91. The minimum absolute atomic E-state index is 0.443. The van der Waals surface area contributed by atoms with Gasteiger partial charge in [-0.05, 0) is 18.2 Å². The molecule has 0 saturated carbocycles. The van der Waals surface area contributed by atoms with Crippen LogP contribution >= 0.6 is 34.8 Å². The molecule has 0 unspecified atom stereocenters. The van der Waals surface area contributed by atoms with Crippen molar-refractivity contribution in [3.05, 3.63) is 28.2 Å².